The Balaban J connectivity index is 1.77. The van der Waals surface area contributed by atoms with E-state index in [1.54, 1.807) is 4.90 Å². The van der Waals surface area contributed by atoms with E-state index in [-0.39, 0.29) is 23.8 Å². The molecule has 0 unspecified atom stereocenters. The molecule has 1 amide bonds. The maximum Gasteiger partial charge on any atom is 0.354 e. The van der Waals surface area contributed by atoms with Gasteiger partial charge in [0, 0.05) is 12.7 Å². The van der Waals surface area contributed by atoms with Gasteiger partial charge in [0.25, 0.3) is 5.91 Å². The molecule has 1 fully saturated rings. The molecule has 0 spiro atoms. The second-order valence-electron chi connectivity index (χ2n) is 5.79. The number of morpholine rings is 1. The van der Waals surface area contributed by atoms with Gasteiger partial charge in [0.2, 0.25) is 0 Å². The molecule has 0 radical (unpaired) electrons. The number of rotatable bonds is 3. The number of aromatic carboxylic acids is 1. The van der Waals surface area contributed by atoms with Gasteiger partial charge in [0.05, 0.1) is 18.2 Å². The van der Waals surface area contributed by atoms with Crippen molar-refractivity contribution in [3.05, 3.63) is 65.5 Å². The Bertz CT molecular complexity index is 730. The average molecular weight is 326 g/mol. The molecule has 1 aliphatic heterocycles. The van der Waals surface area contributed by atoms with Crippen LogP contribution >= 0.6 is 0 Å². The van der Waals surface area contributed by atoms with E-state index < -0.39 is 5.97 Å². The normalized spacial score (nSPS) is 20.6. The van der Waals surface area contributed by atoms with Crippen molar-refractivity contribution in [2.24, 2.45) is 0 Å². The molecule has 6 heteroatoms. The summed E-state index contributed by atoms with van der Waals surface area (Å²) in [6.07, 6.45) is 1.05. The van der Waals surface area contributed by atoms with Crippen LogP contribution in [0.2, 0.25) is 0 Å². The molecule has 0 bridgehead atoms. The molecule has 1 aromatic carbocycles. The molecular formula is C18H18N2O4. The first-order valence-electron chi connectivity index (χ1n) is 7.73. The monoisotopic (exact) mass is 326 g/mol. The van der Waals surface area contributed by atoms with Gasteiger partial charge < -0.3 is 14.7 Å². The van der Waals surface area contributed by atoms with E-state index in [0.29, 0.717) is 18.7 Å². The van der Waals surface area contributed by atoms with Crippen molar-refractivity contribution >= 4 is 11.9 Å². The highest BCUT2D eigenvalue weighted by atomic mass is 16.5. The Labute approximate surface area is 139 Å². The predicted molar refractivity (Wildman–Crippen MR) is 86.8 cm³/mol. The highest BCUT2D eigenvalue weighted by Crippen LogP contribution is 2.26. The molecule has 6 nitrogen and oxygen atoms in total. The van der Waals surface area contributed by atoms with Crippen LogP contribution in [0.15, 0.2) is 48.7 Å². The van der Waals surface area contributed by atoms with Crippen LogP contribution in [0.25, 0.3) is 0 Å². The van der Waals surface area contributed by atoms with Crippen LogP contribution in [0.3, 0.4) is 0 Å². The van der Waals surface area contributed by atoms with Crippen LogP contribution in [0, 0.1) is 0 Å². The van der Waals surface area contributed by atoms with Gasteiger partial charge in [-0.1, -0.05) is 30.3 Å². The molecule has 2 atom stereocenters. The summed E-state index contributed by atoms with van der Waals surface area (Å²) in [7, 11) is 0. The first-order valence-corrected chi connectivity index (χ1v) is 7.73. The summed E-state index contributed by atoms with van der Waals surface area (Å²) in [6.45, 7) is 2.87. The highest BCUT2D eigenvalue weighted by Gasteiger charge is 2.30. The van der Waals surface area contributed by atoms with E-state index >= 15 is 0 Å². The van der Waals surface area contributed by atoms with E-state index in [9.17, 15) is 9.59 Å². The minimum atomic E-state index is -1.11. The molecule has 0 aliphatic carbocycles. The number of ether oxygens (including phenoxy) is 1. The molecule has 1 N–H and O–H groups in total. The Morgan fingerprint density at radius 3 is 2.54 bits per heavy atom. The van der Waals surface area contributed by atoms with Crippen molar-refractivity contribution in [1.82, 2.24) is 9.88 Å². The van der Waals surface area contributed by atoms with Gasteiger partial charge in [-0.3, -0.25) is 4.79 Å². The summed E-state index contributed by atoms with van der Waals surface area (Å²) >= 11 is 0. The Kier molecular flexibility index (Phi) is 4.57. The summed E-state index contributed by atoms with van der Waals surface area (Å²) in [5.41, 5.74) is 1.33. The Morgan fingerprint density at radius 2 is 1.92 bits per heavy atom. The summed E-state index contributed by atoms with van der Waals surface area (Å²) in [4.78, 5) is 29.1. The van der Waals surface area contributed by atoms with E-state index in [1.807, 2.05) is 37.3 Å². The number of carboxylic acid groups (broad SMARTS) is 1. The summed E-state index contributed by atoms with van der Waals surface area (Å²) in [5, 5.41) is 8.88. The largest absolute Gasteiger partial charge is 0.477 e. The lowest BCUT2D eigenvalue weighted by atomic mass is 10.1. The lowest BCUT2D eigenvalue weighted by Gasteiger charge is -2.37. The zero-order valence-corrected chi connectivity index (χ0v) is 13.3. The van der Waals surface area contributed by atoms with Crippen LogP contribution in [-0.2, 0) is 4.74 Å². The van der Waals surface area contributed by atoms with Crippen molar-refractivity contribution in [3.63, 3.8) is 0 Å². The molecule has 2 aromatic rings. The van der Waals surface area contributed by atoms with E-state index in [0.717, 1.165) is 5.56 Å². The van der Waals surface area contributed by atoms with Gasteiger partial charge in [-0.15, -0.1) is 0 Å². The molecule has 3 rings (SSSR count). The third-order valence-corrected chi connectivity index (χ3v) is 3.95. The SMILES string of the molecule is C[C@@H]1CN(C(=O)c2ccc(C(=O)O)nc2)C[C@H](c2ccccc2)O1. The van der Waals surface area contributed by atoms with Gasteiger partial charge in [0.15, 0.2) is 0 Å². The minimum Gasteiger partial charge on any atom is -0.477 e. The van der Waals surface area contributed by atoms with E-state index in [1.165, 1.54) is 18.3 Å². The number of nitrogens with zero attached hydrogens (tertiary/aromatic N) is 2. The first kappa shape index (κ1) is 16.1. The highest BCUT2D eigenvalue weighted by molar-refractivity contribution is 5.95. The third-order valence-electron chi connectivity index (χ3n) is 3.95. The van der Waals surface area contributed by atoms with Crippen molar-refractivity contribution in [3.8, 4) is 0 Å². The molecule has 1 aromatic heterocycles. The van der Waals surface area contributed by atoms with Crippen LogP contribution in [-0.4, -0.2) is 46.1 Å². The van der Waals surface area contributed by atoms with Gasteiger partial charge >= 0.3 is 5.97 Å². The Morgan fingerprint density at radius 1 is 1.17 bits per heavy atom. The topological polar surface area (TPSA) is 79.7 Å². The zero-order valence-electron chi connectivity index (χ0n) is 13.3. The first-order chi connectivity index (χ1) is 11.5. The second kappa shape index (κ2) is 6.80. The number of pyridine rings is 1. The standard InChI is InChI=1S/C18H18N2O4/c1-12-10-20(11-16(24-12)13-5-3-2-4-6-13)17(21)14-7-8-15(18(22)23)19-9-14/h2-9,12,16H,10-11H2,1H3,(H,22,23)/t12-,16-/m1/s1. The van der Waals surface area contributed by atoms with E-state index in [2.05, 4.69) is 4.98 Å². The Hall–Kier alpha value is -2.73. The lowest BCUT2D eigenvalue weighted by Crippen LogP contribution is -2.46. The third kappa shape index (κ3) is 3.44. The van der Waals surface area contributed by atoms with Crippen LogP contribution in [0.5, 0.6) is 0 Å². The number of hydrogen-bond donors (Lipinski definition) is 1. The average Bonchev–Trinajstić information content (AvgIpc) is 2.61. The van der Waals surface area contributed by atoms with Crippen molar-refractivity contribution in [2.45, 2.75) is 19.1 Å². The van der Waals surface area contributed by atoms with Crippen LogP contribution < -0.4 is 0 Å². The second-order valence-corrected chi connectivity index (χ2v) is 5.79. The molecular weight excluding hydrogens is 308 g/mol. The van der Waals surface area contributed by atoms with Crippen LogP contribution in [0.1, 0.15) is 39.4 Å². The minimum absolute atomic E-state index is 0.0796. The number of carbonyl (C=O) groups is 2. The molecule has 24 heavy (non-hydrogen) atoms. The van der Waals surface area contributed by atoms with Gasteiger partial charge in [-0.05, 0) is 24.6 Å². The summed E-state index contributed by atoms with van der Waals surface area (Å²) in [6, 6.07) is 12.6. The van der Waals surface area contributed by atoms with Crippen molar-refractivity contribution in [1.29, 1.82) is 0 Å². The smallest absolute Gasteiger partial charge is 0.354 e. The number of hydrogen-bond acceptors (Lipinski definition) is 4. The molecule has 1 aliphatic rings. The summed E-state index contributed by atoms with van der Waals surface area (Å²) < 4.78 is 5.95. The predicted octanol–water partition coefficient (Wildman–Crippen LogP) is 2.38. The fraction of sp³-hybridized carbons (Fsp3) is 0.278. The summed E-state index contributed by atoms with van der Waals surface area (Å²) in [5.74, 6) is -1.28. The maximum atomic E-state index is 12.7. The van der Waals surface area contributed by atoms with Gasteiger partial charge in [-0.25, -0.2) is 9.78 Å². The van der Waals surface area contributed by atoms with Gasteiger partial charge in [0.1, 0.15) is 11.8 Å². The molecule has 124 valence electrons. The fourth-order valence-corrected chi connectivity index (χ4v) is 2.80. The number of carboxylic acids is 1. The number of aromatic nitrogens is 1. The molecule has 1 saturated heterocycles. The molecule has 0 saturated carbocycles. The van der Waals surface area contributed by atoms with Crippen molar-refractivity contribution < 1.29 is 19.4 Å². The zero-order chi connectivity index (χ0) is 17.1. The number of carbonyl (C=O) groups excluding carboxylic acids is 1. The van der Waals surface area contributed by atoms with E-state index in [4.69, 9.17) is 9.84 Å². The quantitative estimate of drug-likeness (QED) is 0.937. The fourth-order valence-electron chi connectivity index (χ4n) is 2.80. The van der Waals surface area contributed by atoms with Crippen molar-refractivity contribution in [2.75, 3.05) is 13.1 Å². The lowest BCUT2D eigenvalue weighted by molar-refractivity contribution is -0.0691. The van der Waals surface area contributed by atoms with Crippen LogP contribution in [0.4, 0.5) is 0 Å². The molecule has 2 heterocycles. The maximum absolute atomic E-state index is 12.7. The van der Waals surface area contributed by atoms with Gasteiger partial charge in [-0.2, -0.15) is 0 Å². The number of amides is 1. The number of benzene rings is 1.